The minimum absolute atomic E-state index is 0. The summed E-state index contributed by atoms with van der Waals surface area (Å²) in [5.74, 6) is 0.231. The second kappa shape index (κ2) is 7.01. The molecule has 0 heterocycles. The molecule has 114 valence electrons. The van der Waals surface area contributed by atoms with Gasteiger partial charge < -0.3 is 5.73 Å². The van der Waals surface area contributed by atoms with Crippen molar-refractivity contribution in [3.63, 3.8) is 0 Å². The van der Waals surface area contributed by atoms with Crippen LogP contribution in [0.2, 0.25) is 5.02 Å². The highest BCUT2D eigenvalue weighted by atomic mass is 35.5. The summed E-state index contributed by atoms with van der Waals surface area (Å²) in [7, 11) is 0. The second-order valence-electron chi connectivity index (χ2n) is 5.16. The Hall–Kier alpha value is -0.450. The molecule has 0 bridgehead atoms. The fourth-order valence-corrected chi connectivity index (χ4v) is 2.97. The van der Waals surface area contributed by atoms with Crippen LogP contribution in [0.4, 0.5) is 13.2 Å². The van der Waals surface area contributed by atoms with Crippen molar-refractivity contribution in [2.45, 2.75) is 44.3 Å². The fraction of sp³-hybridized carbons (Fsp3) is 0.571. The summed E-state index contributed by atoms with van der Waals surface area (Å²) >= 11 is 6.01. The van der Waals surface area contributed by atoms with E-state index in [1.807, 2.05) is 0 Å². The highest BCUT2D eigenvalue weighted by molar-refractivity contribution is 6.31. The third-order valence-corrected chi connectivity index (χ3v) is 4.18. The number of benzene rings is 1. The van der Waals surface area contributed by atoms with Crippen molar-refractivity contribution in [2.75, 3.05) is 0 Å². The highest BCUT2D eigenvalue weighted by Gasteiger charge is 2.32. The summed E-state index contributed by atoms with van der Waals surface area (Å²) < 4.78 is 38.2. The molecule has 1 atom stereocenters. The molecule has 1 aliphatic rings. The molecular weight excluding hydrogens is 310 g/mol. The SMILES string of the molecule is Cl.N[C@H](c1cc(C(F)(F)F)ccc1Cl)C1CCCCC1. The zero-order valence-corrected chi connectivity index (χ0v) is 12.5. The van der Waals surface area contributed by atoms with Gasteiger partial charge in [-0.25, -0.2) is 0 Å². The maximum Gasteiger partial charge on any atom is 0.416 e. The molecule has 1 aromatic rings. The van der Waals surface area contributed by atoms with Crippen molar-refractivity contribution in [3.8, 4) is 0 Å². The Bertz CT molecular complexity index is 443. The van der Waals surface area contributed by atoms with Gasteiger partial charge in [-0.3, -0.25) is 0 Å². The van der Waals surface area contributed by atoms with Gasteiger partial charge in [-0.05, 0) is 42.5 Å². The molecule has 1 aliphatic carbocycles. The van der Waals surface area contributed by atoms with E-state index in [0.29, 0.717) is 10.6 Å². The summed E-state index contributed by atoms with van der Waals surface area (Å²) in [6.07, 6.45) is 0.941. The first-order valence-electron chi connectivity index (χ1n) is 6.52. The maximum atomic E-state index is 12.7. The standard InChI is InChI=1S/C14H17ClF3N.ClH/c15-12-7-6-10(14(16,17)18)8-11(12)13(19)9-4-2-1-3-5-9;/h6-9,13H,1-5,19H2;1H/t13-;/m0./s1. The van der Waals surface area contributed by atoms with Crippen LogP contribution in [0.5, 0.6) is 0 Å². The maximum absolute atomic E-state index is 12.7. The predicted molar refractivity (Wildman–Crippen MR) is 77.2 cm³/mol. The number of hydrogen-bond acceptors (Lipinski definition) is 1. The fourth-order valence-electron chi connectivity index (χ4n) is 2.72. The molecular formula is C14H18Cl2F3N. The second-order valence-corrected chi connectivity index (χ2v) is 5.57. The Balaban J connectivity index is 0.00000200. The van der Waals surface area contributed by atoms with E-state index in [0.717, 1.165) is 37.8 Å². The molecule has 2 N–H and O–H groups in total. The van der Waals surface area contributed by atoms with Crippen molar-refractivity contribution < 1.29 is 13.2 Å². The van der Waals surface area contributed by atoms with Gasteiger partial charge in [-0.15, -0.1) is 12.4 Å². The van der Waals surface area contributed by atoms with Gasteiger partial charge in [-0.1, -0.05) is 30.9 Å². The van der Waals surface area contributed by atoms with Crippen LogP contribution in [-0.4, -0.2) is 0 Å². The lowest BCUT2D eigenvalue weighted by molar-refractivity contribution is -0.137. The van der Waals surface area contributed by atoms with E-state index in [9.17, 15) is 13.2 Å². The largest absolute Gasteiger partial charge is 0.416 e. The first-order chi connectivity index (χ1) is 8.89. The third-order valence-electron chi connectivity index (χ3n) is 3.84. The molecule has 1 saturated carbocycles. The molecule has 0 radical (unpaired) electrons. The Morgan fingerprint density at radius 2 is 1.75 bits per heavy atom. The van der Waals surface area contributed by atoms with Crippen molar-refractivity contribution in [2.24, 2.45) is 11.7 Å². The summed E-state index contributed by atoms with van der Waals surface area (Å²) in [6.45, 7) is 0. The van der Waals surface area contributed by atoms with Crippen molar-refractivity contribution in [3.05, 3.63) is 34.3 Å². The summed E-state index contributed by atoms with van der Waals surface area (Å²) in [6, 6.07) is 2.98. The van der Waals surface area contributed by atoms with Crippen LogP contribution in [0.25, 0.3) is 0 Å². The van der Waals surface area contributed by atoms with E-state index in [1.54, 1.807) is 0 Å². The van der Waals surface area contributed by atoms with Crippen molar-refractivity contribution in [1.29, 1.82) is 0 Å². The zero-order chi connectivity index (χ0) is 14.0. The summed E-state index contributed by atoms with van der Waals surface area (Å²) in [5.41, 5.74) is 5.87. The van der Waals surface area contributed by atoms with Crippen LogP contribution in [-0.2, 0) is 6.18 Å². The molecule has 0 unspecified atom stereocenters. The van der Waals surface area contributed by atoms with Gasteiger partial charge in [0.15, 0.2) is 0 Å². The average Bonchev–Trinajstić information content (AvgIpc) is 2.38. The Morgan fingerprint density at radius 1 is 1.15 bits per heavy atom. The number of halogens is 5. The van der Waals surface area contributed by atoms with Crippen LogP contribution < -0.4 is 5.73 Å². The number of alkyl halides is 3. The van der Waals surface area contributed by atoms with Crippen LogP contribution in [0.15, 0.2) is 18.2 Å². The normalized spacial score (nSPS) is 18.4. The smallest absolute Gasteiger partial charge is 0.324 e. The highest BCUT2D eigenvalue weighted by Crippen LogP contribution is 2.38. The van der Waals surface area contributed by atoms with E-state index in [2.05, 4.69) is 0 Å². The van der Waals surface area contributed by atoms with Gasteiger partial charge in [0.05, 0.1) is 5.56 Å². The minimum atomic E-state index is -4.36. The van der Waals surface area contributed by atoms with Gasteiger partial charge >= 0.3 is 6.18 Å². The average molecular weight is 328 g/mol. The first-order valence-corrected chi connectivity index (χ1v) is 6.89. The lowest BCUT2D eigenvalue weighted by atomic mass is 9.81. The Kier molecular flexibility index (Phi) is 6.17. The van der Waals surface area contributed by atoms with Crippen molar-refractivity contribution in [1.82, 2.24) is 0 Å². The van der Waals surface area contributed by atoms with Gasteiger partial charge in [0.1, 0.15) is 0 Å². The minimum Gasteiger partial charge on any atom is -0.324 e. The predicted octanol–water partition coefficient (Wildman–Crippen LogP) is 5.36. The number of rotatable bonds is 2. The topological polar surface area (TPSA) is 26.0 Å². The molecule has 0 spiro atoms. The van der Waals surface area contributed by atoms with Crippen molar-refractivity contribution >= 4 is 24.0 Å². The van der Waals surface area contributed by atoms with E-state index >= 15 is 0 Å². The van der Waals surface area contributed by atoms with Crippen LogP contribution in [0, 0.1) is 5.92 Å². The van der Waals surface area contributed by atoms with Crippen LogP contribution in [0.3, 0.4) is 0 Å². The molecule has 0 saturated heterocycles. The van der Waals surface area contributed by atoms with Crippen LogP contribution in [0.1, 0.15) is 49.3 Å². The molecule has 2 rings (SSSR count). The zero-order valence-electron chi connectivity index (χ0n) is 10.9. The lowest BCUT2D eigenvalue weighted by Crippen LogP contribution is -2.24. The quantitative estimate of drug-likeness (QED) is 0.777. The first kappa shape index (κ1) is 17.6. The molecule has 0 aromatic heterocycles. The van der Waals surface area contributed by atoms with Gasteiger partial charge in [0, 0.05) is 11.1 Å². The summed E-state index contributed by atoms with van der Waals surface area (Å²) in [5, 5.41) is 0.325. The van der Waals surface area contributed by atoms with E-state index < -0.39 is 17.8 Å². The van der Waals surface area contributed by atoms with Gasteiger partial charge in [0.25, 0.3) is 0 Å². The van der Waals surface area contributed by atoms with E-state index in [4.69, 9.17) is 17.3 Å². The van der Waals surface area contributed by atoms with E-state index in [-0.39, 0.29) is 18.3 Å². The lowest BCUT2D eigenvalue weighted by Gasteiger charge is -2.28. The number of nitrogens with two attached hydrogens (primary N) is 1. The molecule has 0 amide bonds. The molecule has 20 heavy (non-hydrogen) atoms. The molecule has 1 fully saturated rings. The molecule has 1 nitrogen and oxygen atoms in total. The molecule has 1 aromatic carbocycles. The van der Waals surface area contributed by atoms with Crippen LogP contribution >= 0.6 is 24.0 Å². The van der Waals surface area contributed by atoms with Gasteiger partial charge in [-0.2, -0.15) is 13.2 Å². The number of hydrogen-bond donors (Lipinski definition) is 1. The molecule has 6 heteroatoms. The Labute approximate surface area is 128 Å². The third kappa shape index (κ3) is 4.03. The monoisotopic (exact) mass is 327 g/mol. The molecule has 0 aliphatic heterocycles. The van der Waals surface area contributed by atoms with E-state index in [1.165, 1.54) is 12.5 Å². The summed E-state index contributed by atoms with van der Waals surface area (Å²) in [4.78, 5) is 0. The Morgan fingerprint density at radius 3 is 2.30 bits per heavy atom. The van der Waals surface area contributed by atoms with Gasteiger partial charge in [0.2, 0.25) is 0 Å².